The molecule has 0 amide bonds. The van der Waals surface area contributed by atoms with Crippen LogP contribution in [0.15, 0.2) is 24.3 Å². The maximum atomic E-state index is 9.36. The third-order valence-electron chi connectivity index (χ3n) is 2.39. The van der Waals surface area contributed by atoms with Crippen LogP contribution >= 0.6 is 0 Å². The Balaban J connectivity index is 2.77. The standard InChI is InChI=1S/C12H18O3/c1-9(13)10-4-6-11(7-5-10)12(15-3)8-14-2/h4-7,9,12-13H,8H2,1-3H3/t9-,12+/m1/s1. The van der Waals surface area contributed by atoms with Crippen LogP contribution in [-0.4, -0.2) is 25.9 Å². The van der Waals surface area contributed by atoms with Gasteiger partial charge < -0.3 is 14.6 Å². The van der Waals surface area contributed by atoms with Crippen LogP contribution in [0.3, 0.4) is 0 Å². The highest BCUT2D eigenvalue weighted by Gasteiger charge is 2.10. The summed E-state index contributed by atoms with van der Waals surface area (Å²) in [7, 11) is 3.31. The molecule has 3 heteroatoms. The van der Waals surface area contributed by atoms with Crippen LogP contribution in [0.1, 0.15) is 30.3 Å². The van der Waals surface area contributed by atoms with E-state index in [1.807, 2.05) is 24.3 Å². The molecule has 0 aliphatic carbocycles. The Hall–Kier alpha value is -0.900. The van der Waals surface area contributed by atoms with Gasteiger partial charge in [-0.05, 0) is 18.1 Å². The predicted molar refractivity (Wildman–Crippen MR) is 58.7 cm³/mol. The first-order chi connectivity index (χ1) is 7.19. The Kier molecular flexibility index (Phi) is 4.75. The summed E-state index contributed by atoms with van der Waals surface area (Å²) in [4.78, 5) is 0. The molecule has 0 saturated heterocycles. The molecule has 84 valence electrons. The molecule has 0 bridgehead atoms. The number of benzene rings is 1. The van der Waals surface area contributed by atoms with E-state index in [0.717, 1.165) is 11.1 Å². The average Bonchev–Trinajstić information content (AvgIpc) is 2.26. The summed E-state index contributed by atoms with van der Waals surface area (Å²) in [5, 5.41) is 9.36. The quantitative estimate of drug-likeness (QED) is 0.808. The first-order valence-corrected chi connectivity index (χ1v) is 4.98. The molecule has 0 aliphatic heterocycles. The molecule has 2 atom stereocenters. The molecule has 0 spiro atoms. The molecule has 0 heterocycles. The molecular formula is C12H18O3. The van der Waals surface area contributed by atoms with E-state index >= 15 is 0 Å². The van der Waals surface area contributed by atoms with Crippen molar-refractivity contribution in [2.75, 3.05) is 20.8 Å². The third kappa shape index (κ3) is 3.30. The zero-order valence-corrected chi connectivity index (χ0v) is 9.43. The van der Waals surface area contributed by atoms with Crippen LogP contribution in [-0.2, 0) is 9.47 Å². The highest BCUT2D eigenvalue weighted by molar-refractivity contribution is 5.25. The van der Waals surface area contributed by atoms with E-state index in [4.69, 9.17) is 9.47 Å². The zero-order chi connectivity index (χ0) is 11.3. The van der Waals surface area contributed by atoms with Crippen LogP contribution < -0.4 is 0 Å². The van der Waals surface area contributed by atoms with Crippen molar-refractivity contribution < 1.29 is 14.6 Å². The smallest absolute Gasteiger partial charge is 0.105 e. The minimum Gasteiger partial charge on any atom is -0.389 e. The van der Waals surface area contributed by atoms with Gasteiger partial charge in [0.15, 0.2) is 0 Å². The van der Waals surface area contributed by atoms with E-state index in [1.54, 1.807) is 21.1 Å². The third-order valence-corrected chi connectivity index (χ3v) is 2.39. The van der Waals surface area contributed by atoms with Crippen molar-refractivity contribution in [1.29, 1.82) is 0 Å². The summed E-state index contributed by atoms with van der Waals surface area (Å²) >= 11 is 0. The Morgan fingerprint density at radius 1 is 1.13 bits per heavy atom. The first-order valence-electron chi connectivity index (χ1n) is 4.98. The van der Waals surface area contributed by atoms with E-state index in [1.165, 1.54) is 0 Å². The summed E-state index contributed by atoms with van der Waals surface area (Å²) in [6.45, 7) is 2.28. The average molecular weight is 210 g/mol. The maximum Gasteiger partial charge on any atom is 0.105 e. The topological polar surface area (TPSA) is 38.7 Å². The Labute approximate surface area is 90.6 Å². The van der Waals surface area contributed by atoms with E-state index in [-0.39, 0.29) is 6.10 Å². The zero-order valence-electron chi connectivity index (χ0n) is 9.43. The van der Waals surface area contributed by atoms with E-state index in [0.29, 0.717) is 6.61 Å². The second kappa shape index (κ2) is 5.85. The van der Waals surface area contributed by atoms with Gasteiger partial charge in [-0.3, -0.25) is 0 Å². The second-order valence-corrected chi connectivity index (χ2v) is 3.52. The van der Waals surface area contributed by atoms with Gasteiger partial charge in [0.25, 0.3) is 0 Å². The van der Waals surface area contributed by atoms with Crippen LogP contribution in [0.4, 0.5) is 0 Å². The number of hydrogen-bond donors (Lipinski definition) is 1. The van der Waals surface area contributed by atoms with Crippen molar-refractivity contribution in [3.8, 4) is 0 Å². The molecule has 3 nitrogen and oxygen atoms in total. The van der Waals surface area contributed by atoms with Gasteiger partial charge in [-0.15, -0.1) is 0 Å². The molecule has 0 aliphatic rings. The van der Waals surface area contributed by atoms with Crippen molar-refractivity contribution in [1.82, 2.24) is 0 Å². The monoisotopic (exact) mass is 210 g/mol. The second-order valence-electron chi connectivity index (χ2n) is 3.52. The number of methoxy groups -OCH3 is 2. The molecule has 1 rings (SSSR count). The summed E-state index contributed by atoms with van der Waals surface area (Å²) < 4.78 is 10.3. The lowest BCUT2D eigenvalue weighted by Crippen LogP contribution is -2.08. The highest BCUT2D eigenvalue weighted by Crippen LogP contribution is 2.19. The summed E-state index contributed by atoms with van der Waals surface area (Å²) in [6, 6.07) is 7.72. The van der Waals surface area contributed by atoms with Crippen molar-refractivity contribution in [2.24, 2.45) is 0 Å². The summed E-state index contributed by atoms with van der Waals surface area (Å²) in [5.74, 6) is 0. The van der Waals surface area contributed by atoms with Crippen molar-refractivity contribution in [2.45, 2.75) is 19.1 Å². The molecular weight excluding hydrogens is 192 g/mol. The SMILES string of the molecule is COC[C@H](OC)c1ccc([C@@H](C)O)cc1. The molecule has 0 fully saturated rings. The fourth-order valence-electron chi connectivity index (χ4n) is 1.44. The van der Waals surface area contributed by atoms with Gasteiger partial charge in [0.2, 0.25) is 0 Å². The molecule has 0 unspecified atom stereocenters. The molecule has 15 heavy (non-hydrogen) atoms. The van der Waals surface area contributed by atoms with Crippen LogP contribution in [0.2, 0.25) is 0 Å². The van der Waals surface area contributed by atoms with Crippen molar-refractivity contribution >= 4 is 0 Å². The lowest BCUT2D eigenvalue weighted by molar-refractivity contribution is 0.0274. The van der Waals surface area contributed by atoms with Gasteiger partial charge in [-0.1, -0.05) is 24.3 Å². The van der Waals surface area contributed by atoms with Gasteiger partial charge in [-0.25, -0.2) is 0 Å². The van der Waals surface area contributed by atoms with Crippen LogP contribution in [0.5, 0.6) is 0 Å². The van der Waals surface area contributed by atoms with Gasteiger partial charge in [0.1, 0.15) is 6.10 Å². The van der Waals surface area contributed by atoms with E-state index in [9.17, 15) is 5.11 Å². The molecule has 1 aromatic carbocycles. The normalized spacial score (nSPS) is 14.9. The van der Waals surface area contributed by atoms with Crippen molar-refractivity contribution in [3.63, 3.8) is 0 Å². The number of aliphatic hydroxyl groups is 1. The van der Waals surface area contributed by atoms with Gasteiger partial charge in [-0.2, -0.15) is 0 Å². The Morgan fingerprint density at radius 3 is 2.07 bits per heavy atom. The summed E-state index contributed by atoms with van der Waals surface area (Å²) in [6.07, 6.45) is -0.472. The minimum absolute atomic E-state index is 0.0435. The van der Waals surface area contributed by atoms with E-state index < -0.39 is 6.10 Å². The Morgan fingerprint density at radius 2 is 1.67 bits per heavy atom. The Bertz CT molecular complexity index is 279. The molecule has 0 aromatic heterocycles. The summed E-state index contributed by atoms with van der Waals surface area (Å²) in [5.41, 5.74) is 1.97. The predicted octanol–water partition coefficient (Wildman–Crippen LogP) is 2.07. The fourth-order valence-corrected chi connectivity index (χ4v) is 1.44. The maximum absolute atomic E-state index is 9.36. The van der Waals surface area contributed by atoms with E-state index in [2.05, 4.69) is 0 Å². The van der Waals surface area contributed by atoms with Gasteiger partial charge in [0, 0.05) is 14.2 Å². The number of aliphatic hydroxyl groups excluding tert-OH is 1. The minimum atomic E-state index is -0.428. The lowest BCUT2D eigenvalue weighted by Gasteiger charge is -2.15. The number of rotatable bonds is 5. The highest BCUT2D eigenvalue weighted by atomic mass is 16.5. The van der Waals surface area contributed by atoms with Gasteiger partial charge >= 0.3 is 0 Å². The number of ether oxygens (including phenoxy) is 2. The first kappa shape index (κ1) is 12.2. The van der Waals surface area contributed by atoms with Crippen LogP contribution in [0.25, 0.3) is 0 Å². The molecule has 1 N–H and O–H groups in total. The fraction of sp³-hybridized carbons (Fsp3) is 0.500. The largest absolute Gasteiger partial charge is 0.389 e. The van der Waals surface area contributed by atoms with Gasteiger partial charge in [0.05, 0.1) is 12.7 Å². The molecule has 0 saturated carbocycles. The molecule has 1 aromatic rings. The van der Waals surface area contributed by atoms with Crippen LogP contribution in [0, 0.1) is 0 Å². The number of hydrogen-bond acceptors (Lipinski definition) is 3. The lowest BCUT2D eigenvalue weighted by atomic mass is 10.0. The molecule has 0 radical (unpaired) electrons. The van der Waals surface area contributed by atoms with Crippen molar-refractivity contribution in [3.05, 3.63) is 35.4 Å².